The number of aromatic nitrogens is 8. The number of nitrogens with zero attached hydrogens (tertiary/aromatic N) is 8. The normalized spacial score (nSPS) is 16.0. The molecule has 3 aromatic carbocycles. The molecule has 1 fully saturated rings. The number of ether oxygens (including phenoxy) is 2. The van der Waals surface area contributed by atoms with Gasteiger partial charge < -0.3 is 20.5 Å². The minimum Gasteiger partial charge on any atom is -0.497 e. The van der Waals surface area contributed by atoms with Gasteiger partial charge in [0.15, 0.2) is 5.78 Å². The number of carbonyl (C=O) groups excluding carboxylic acids is 3. The Labute approximate surface area is 335 Å². The third-order valence-electron chi connectivity index (χ3n) is 9.75. The molecule has 1 amide bonds. The molecule has 0 bridgehead atoms. The minimum atomic E-state index is -0.565. The van der Waals surface area contributed by atoms with Crippen molar-refractivity contribution < 1.29 is 23.9 Å². The smallest absolute Gasteiger partial charge is 0.223 e. The lowest BCUT2D eigenvalue weighted by atomic mass is 9.96. The molecule has 4 atom stereocenters. The van der Waals surface area contributed by atoms with Crippen LogP contribution in [0.25, 0.3) is 11.4 Å². The van der Waals surface area contributed by atoms with Gasteiger partial charge in [0, 0.05) is 34.9 Å². The van der Waals surface area contributed by atoms with Crippen LogP contribution in [0.1, 0.15) is 62.6 Å². The lowest BCUT2D eigenvalue weighted by Crippen LogP contribution is -2.41. The van der Waals surface area contributed by atoms with Crippen molar-refractivity contribution in [3.63, 3.8) is 0 Å². The first kappa shape index (κ1) is 41.9. The first-order valence-electron chi connectivity index (χ1n) is 18.3. The minimum absolute atomic E-state index is 0.0163. The molecule has 1 aliphatic rings. The van der Waals surface area contributed by atoms with E-state index in [0.29, 0.717) is 35.2 Å². The zero-order valence-electron chi connectivity index (χ0n) is 31.8. The highest BCUT2D eigenvalue weighted by molar-refractivity contribution is 6.31. The third-order valence-corrected chi connectivity index (χ3v) is 10.2. The van der Waals surface area contributed by atoms with E-state index < -0.39 is 12.1 Å². The van der Waals surface area contributed by atoms with Crippen molar-refractivity contribution in [3.05, 3.63) is 94.0 Å². The Bertz CT molecular complexity index is 2060. The van der Waals surface area contributed by atoms with Crippen LogP contribution in [0.5, 0.6) is 11.5 Å². The summed E-state index contributed by atoms with van der Waals surface area (Å²) >= 11 is 12.2. The van der Waals surface area contributed by atoms with E-state index in [1.807, 2.05) is 42.5 Å². The SMILES string of the molecule is COc1cc(C[C@@H]2CC[C@@H](C(=O)N[C@@H](C)C(=O)CCc3cc(Cl)ccc3-n3cnnn3)C2)cc(OC)c1.C[C@H](N)C(=O)CCc1cc(Cl)ccc1-n1cnnn1. The summed E-state index contributed by atoms with van der Waals surface area (Å²) in [5.74, 6) is 1.76. The van der Waals surface area contributed by atoms with Crippen molar-refractivity contribution in [1.82, 2.24) is 45.7 Å². The van der Waals surface area contributed by atoms with Crippen LogP contribution >= 0.6 is 23.2 Å². The summed E-state index contributed by atoms with van der Waals surface area (Å²) in [5, 5.41) is 26.4. The standard InChI is InChI=1S/C27H32ClN5O4.C12H14ClN5O/c1-17(26(34)9-6-20-14-22(28)7-8-25(20)33-16-29-31-32-33)30-27(35)21-5-4-18(11-21)10-19-12-23(36-2)15-24(13-19)37-3;1-8(14)12(19)5-2-9-6-10(13)3-4-11(9)18-7-15-16-17-18/h7-8,12-18,21H,4-6,9-11H2,1-3H3,(H,30,35);3-4,6-8H,2,5,14H2,1H3/t17-,18-,21+;8-/m00/s1. The van der Waals surface area contributed by atoms with Gasteiger partial charge in [-0.3, -0.25) is 14.4 Å². The number of ketones is 2. The molecule has 2 heterocycles. The zero-order chi connectivity index (χ0) is 40.2. The van der Waals surface area contributed by atoms with E-state index in [0.717, 1.165) is 65.2 Å². The molecule has 56 heavy (non-hydrogen) atoms. The quantitative estimate of drug-likeness (QED) is 0.133. The van der Waals surface area contributed by atoms with Crippen LogP contribution in [0, 0.1) is 11.8 Å². The molecule has 296 valence electrons. The molecule has 6 rings (SSSR count). The number of amides is 1. The molecule has 0 spiro atoms. The Hall–Kier alpha value is -5.25. The first-order chi connectivity index (χ1) is 26.9. The predicted octanol–water partition coefficient (Wildman–Crippen LogP) is 5.16. The maximum Gasteiger partial charge on any atom is 0.223 e. The van der Waals surface area contributed by atoms with Gasteiger partial charge in [0.1, 0.15) is 29.9 Å². The number of tetrazole rings is 2. The summed E-state index contributed by atoms with van der Waals surface area (Å²) in [6.45, 7) is 3.43. The largest absolute Gasteiger partial charge is 0.497 e. The second-order valence-electron chi connectivity index (χ2n) is 13.8. The van der Waals surface area contributed by atoms with Gasteiger partial charge in [-0.05, 0) is 144 Å². The molecule has 0 saturated heterocycles. The van der Waals surface area contributed by atoms with Crippen molar-refractivity contribution in [2.75, 3.05) is 14.2 Å². The van der Waals surface area contributed by atoms with E-state index in [-0.39, 0.29) is 29.8 Å². The lowest BCUT2D eigenvalue weighted by Gasteiger charge is -2.17. The van der Waals surface area contributed by atoms with Crippen molar-refractivity contribution in [1.29, 1.82) is 0 Å². The van der Waals surface area contributed by atoms with Crippen LogP contribution in [-0.2, 0) is 33.6 Å². The second kappa shape index (κ2) is 20.1. The molecular formula is C39H46Cl2N10O5. The number of aryl methyl sites for hydroxylation is 2. The summed E-state index contributed by atoms with van der Waals surface area (Å²) in [5.41, 5.74) is 10.0. The number of carbonyl (C=O) groups is 3. The molecule has 5 aromatic rings. The van der Waals surface area contributed by atoms with Crippen LogP contribution in [0.3, 0.4) is 0 Å². The molecule has 2 aromatic heterocycles. The predicted molar refractivity (Wildman–Crippen MR) is 210 cm³/mol. The van der Waals surface area contributed by atoms with Gasteiger partial charge in [0.05, 0.1) is 37.7 Å². The summed E-state index contributed by atoms with van der Waals surface area (Å²) in [7, 11) is 3.28. The maximum absolute atomic E-state index is 12.9. The van der Waals surface area contributed by atoms with Gasteiger partial charge in [-0.1, -0.05) is 23.2 Å². The van der Waals surface area contributed by atoms with Gasteiger partial charge in [0.2, 0.25) is 5.91 Å². The number of nitrogens with two attached hydrogens (primary N) is 1. The summed E-state index contributed by atoms with van der Waals surface area (Å²) in [4.78, 5) is 37.4. The van der Waals surface area contributed by atoms with E-state index in [9.17, 15) is 14.4 Å². The van der Waals surface area contributed by atoms with Crippen molar-refractivity contribution in [2.24, 2.45) is 17.6 Å². The van der Waals surface area contributed by atoms with Crippen molar-refractivity contribution in [2.45, 2.75) is 77.3 Å². The zero-order valence-corrected chi connectivity index (χ0v) is 33.3. The number of nitrogens with one attached hydrogen (secondary N) is 1. The first-order valence-corrected chi connectivity index (χ1v) is 19.1. The van der Waals surface area contributed by atoms with Crippen LogP contribution in [0.4, 0.5) is 0 Å². The molecule has 1 aliphatic carbocycles. The summed E-state index contributed by atoms with van der Waals surface area (Å²) < 4.78 is 13.8. The van der Waals surface area contributed by atoms with E-state index >= 15 is 0 Å². The average molecular weight is 806 g/mol. The number of hydrogen-bond acceptors (Lipinski definition) is 12. The van der Waals surface area contributed by atoms with Crippen LogP contribution in [-0.4, -0.2) is 84.2 Å². The van der Waals surface area contributed by atoms with Gasteiger partial charge in [0.25, 0.3) is 0 Å². The monoisotopic (exact) mass is 804 g/mol. The Morgan fingerprint density at radius 1 is 0.804 bits per heavy atom. The fourth-order valence-corrected chi connectivity index (χ4v) is 7.08. The Balaban J connectivity index is 0.000000265. The fourth-order valence-electron chi connectivity index (χ4n) is 6.69. The van der Waals surface area contributed by atoms with Gasteiger partial charge >= 0.3 is 0 Å². The molecule has 0 unspecified atom stereocenters. The molecule has 0 radical (unpaired) electrons. The summed E-state index contributed by atoms with van der Waals surface area (Å²) in [6.07, 6.45) is 8.08. The highest BCUT2D eigenvalue weighted by Crippen LogP contribution is 2.35. The van der Waals surface area contributed by atoms with Gasteiger partial charge in [-0.2, -0.15) is 0 Å². The van der Waals surface area contributed by atoms with Gasteiger partial charge in [-0.25, -0.2) is 9.36 Å². The van der Waals surface area contributed by atoms with Crippen LogP contribution < -0.4 is 20.5 Å². The number of halogens is 2. The number of rotatable bonds is 16. The van der Waals surface area contributed by atoms with Crippen molar-refractivity contribution >= 4 is 40.7 Å². The number of methoxy groups -OCH3 is 2. The van der Waals surface area contributed by atoms with Crippen LogP contribution in [0.15, 0.2) is 67.3 Å². The highest BCUT2D eigenvalue weighted by Gasteiger charge is 2.31. The lowest BCUT2D eigenvalue weighted by molar-refractivity contribution is -0.129. The molecule has 3 N–H and O–H groups in total. The Morgan fingerprint density at radius 2 is 1.34 bits per heavy atom. The average Bonchev–Trinajstić information content (AvgIpc) is 4.01. The fraction of sp³-hybridized carbons (Fsp3) is 0.410. The maximum atomic E-state index is 12.9. The number of hydrogen-bond donors (Lipinski definition) is 2. The van der Waals surface area contributed by atoms with E-state index in [1.54, 1.807) is 49.6 Å². The Kier molecular flexibility index (Phi) is 15.0. The topological polar surface area (TPSA) is 195 Å². The number of Topliss-reactive ketones (excluding diaryl/α,β-unsaturated/α-hetero) is 2. The van der Waals surface area contributed by atoms with Gasteiger partial charge in [-0.15, -0.1) is 10.2 Å². The highest BCUT2D eigenvalue weighted by atomic mass is 35.5. The Morgan fingerprint density at radius 3 is 1.82 bits per heavy atom. The molecule has 17 heteroatoms. The molecule has 15 nitrogen and oxygen atoms in total. The van der Waals surface area contributed by atoms with E-state index in [4.69, 9.17) is 38.4 Å². The van der Waals surface area contributed by atoms with E-state index in [1.165, 1.54) is 12.7 Å². The van der Waals surface area contributed by atoms with E-state index in [2.05, 4.69) is 36.4 Å². The third kappa shape index (κ3) is 11.6. The van der Waals surface area contributed by atoms with Crippen molar-refractivity contribution in [3.8, 4) is 22.9 Å². The molecular weight excluding hydrogens is 759 g/mol. The molecule has 0 aliphatic heterocycles. The number of benzene rings is 3. The summed E-state index contributed by atoms with van der Waals surface area (Å²) in [6, 6.07) is 15.7. The van der Waals surface area contributed by atoms with Crippen LogP contribution in [0.2, 0.25) is 10.0 Å². The second-order valence-corrected chi connectivity index (χ2v) is 14.7. The molecule has 1 saturated carbocycles.